The Morgan fingerprint density at radius 3 is 2.73 bits per heavy atom. The molecule has 30 heavy (non-hydrogen) atoms. The first-order chi connectivity index (χ1) is 14.5. The second kappa shape index (κ2) is 8.50. The minimum absolute atomic E-state index is 0.363. The molecule has 0 bridgehead atoms. The molecule has 1 fully saturated rings. The van der Waals surface area contributed by atoms with E-state index in [0.717, 1.165) is 11.3 Å². The number of benzene rings is 1. The van der Waals surface area contributed by atoms with Gasteiger partial charge in [-0.15, -0.1) is 0 Å². The van der Waals surface area contributed by atoms with Crippen LogP contribution in [0.25, 0.3) is 11.2 Å². The molecule has 0 saturated carbocycles. The van der Waals surface area contributed by atoms with Crippen molar-refractivity contribution >= 4 is 17.0 Å². The van der Waals surface area contributed by atoms with Gasteiger partial charge in [0, 0.05) is 6.54 Å². The first-order valence-corrected chi connectivity index (χ1v) is 9.38. The third kappa shape index (κ3) is 3.68. The summed E-state index contributed by atoms with van der Waals surface area (Å²) in [6.45, 7) is -0.0490. The zero-order chi connectivity index (χ0) is 21.3. The van der Waals surface area contributed by atoms with Crippen LogP contribution in [0.5, 0.6) is 5.75 Å². The fraction of sp³-hybridized carbons (Fsp3) is 0.421. The van der Waals surface area contributed by atoms with E-state index in [-0.39, 0.29) is 0 Å². The zero-order valence-corrected chi connectivity index (χ0v) is 16.2. The van der Waals surface area contributed by atoms with Crippen molar-refractivity contribution < 1.29 is 29.9 Å². The number of hydrogen-bond donors (Lipinski definition) is 5. The molecule has 3 aromatic rings. The standard InChI is InChI=1S/C19H23N5O6/c1-29-11-4-2-3-10(5-11)6-20-17-13-18(22-8-21-17)24(9-23-13)19-16(28)15(27)14(26)12(7-25)30-19/h2-5,8-9,12,14-16,19,25-28H,6-7H2,1H3,(H,20,21,22)/t12-,14-,15+,16-,19?/m1/s1. The van der Waals surface area contributed by atoms with Gasteiger partial charge in [-0.2, -0.15) is 0 Å². The molecule has 11 heteroatoms. The lowest BCUT2D eigenvalue weighted by Gasteiger charge is -2.40. The molecule has 4 rings (SSSR count). The van der Waals surface area contributed by atoms with Gasteiger partial charge in [-0.25, -0.2) is 15.0 Å². The number of aromatic nitrogens is 4. The lowest BCUT2D eigenvalue weighted by Crippen LogP contribution is -2.56. The Labute approximate surface area is 171 Å². The molecule has 0 radical (unpaired) electrons. The summed E-state index contributed by atoms with van der Waals surface area (Å²) in [7, 11) is 1.60. The molecule has 5 atom stereocenters. The molecule has 1 aromatic carbocycles. The number of hydrogen-bond acceptors (Lipinski definition) is 10. The number of methoxy groups -OCH3 is 1. The lowest BCUT2D eigenvalue weighted by atomic mass is 9.98. The van der Waals surface area contributed by atoms with Crippen molar-refractivity contribution in [3.63, 3.8) is 0 Å². The molecule has 5 N–H and O–H groups in total. The van der Waals surface area contributed by atoms with Gasteiger partial charge >= 0.3 is 0 Å². The number of rotatable bonds is 6. The highest BCUT2D eigenvalue weighted by atomic mass is 16.6. The monoisotopic (exact) mass is 417 g/mol. The Bertz CT molecular complexity index is 1010. The number of anilines is 1. The Balaban J connectivity index is 1.60. The maximum absolute atomic E-state index is 10.4. The summed E-state index contributed by atoms with van der Waals surface area (Å²) in [4.78, 5) is 12.8. The van der Waals surface area contributed by atoms with Gasteiger partial charge in [0.2, 0.25) is 0 Å². The van der Waals surface area contributed by atoms with Crippen molar-refractivity contribution in [1.82, 2.24) is 19.5 Å². The van der Waals surface area contributed by atoms with Crippen LogP contribution < -0.4 is 10.1 Å². The van der Waals surface area contributed by atoms with Crippen molar-refractivity contribution in [2.75, 3.05) is 19.0 Å². The van der Waals surface area contributed by atoms with E-state index in [0.29, 0.717) is 23.5 Å². The Kier molecular flexibility index (Phi) is 5.79. The number of aliphatic hydroxyl groups excluding tert-OH is 4. The molecule has 1 unspecified atom stereocenters. The van der Waals surface area contributed by atoms with Crippen molar-refractivity contribution in [3.05, 3.63) is 42.5 Å². The number of ether oxygens (including phenoxy) is 2. The van der Waals surface area contributed by atoms with E-state index in [1.54, 1.807) is 7.11 Å². The molecule has 0 spiro atoms. The van der Waals surface area contributed by atoms with Gasteiger partial charge in [-0.05, 0) is 17.7 Å². The van der Waals surface area contributed by atoms with E-state index in [1.807, 2.05) is 24.3 Å². The van der Waals surface area contributed by atoms with Crippen LogP contribution in [0.3, 0.4) is 0 Å². The number of aliphatic hydroxyl groups is 4. The first kappa shape index (κ1) is 20.4. The summed E-state index contributed by atoms with van der Waals surface area (Å²) in [5.74, 6) is 1.22. The van der Waals surface area contributed by atoms with Gasteiger partial charge in [0.15, 0.2) is 23.2 Å². The highest BCUT2D eigenvalue weighted by molar-refractivity contribution is 5.82. The fourth-order valence-electron chi connectivity index (χ4n) is 3.45. The molecule has 1 aliphatic rings. The third-order valence-corrected chi connectivity index (χ3v) is 5.09. The van der Waals surface area contributed by atoms with Gasteiger partial charge in [0.05, 0.1) is 20.0 Å². The predicted molar refractivity (Wildman–Crippen MR) is 105 cm³/mol. The van der Waals surface area contributed by atoms with Gasteiger partial charge in [-0.1, -0.05) is 12.1 Å². The molecular weight excluding hydrogens is 394 g/mol. The molecule has 11 nitrogen and oxygen atoms in total. The molecule has 160 valence electrons. The zero-order valence-electron chi connectivity index (χ0n) is 16.2. The van der Waals surface area contributed by atoms with Crippen LogP contribution in [0, 0.1) is 0 Å². The van der Waals surface area contributed by atoms with Gasteiger partial charge in [0.1, 0.15) is 36.5 Å². The van der Waals surface area contributed by atoms with E-state index in [1.165, 1.54) is 17.2 Å². The van der Waals surface area contributed by atoms with Crippen molar-refractivity contribution in [3.8, 4) is 5.75 Å². The quantitative estimate of drug-likeness (QED) is 0.352. The Morgan fingerprint density at radius 1 is 1.13 bits per heavy atom. The molecule has 1 aliphatic heterocycles. The van der Waals surface area contributed by atoms with E-state index in [2.05, 4.69) is 20.3 Å². The summed E-state index contributed by atoms with van der Waals surface area (Å²) in [5.41, 5.74) is 1.79. The van der Waals surface area contributed by atoms with Crippen molar-refractivity contribution in [2.45, 2.75) is 37.2 Å². The molecule has 3 heterocycles. The number of imidazole rings is 1. The van der Waals surface area contributed by atoms with Crippen molar-refractivity contribution in [1.29, 1.82) is 0 Å². The molecular formula is C19H23N5O6. The third-order valence-electron chi connectivity index (χ3n) is 5.09. The van der Waals surface area contributed by atoms with Crippen LogP contribution in [0.1, 0.15) is 11.8 Å². The summed E-state index contributed by atoms with van der Waals surface area (Å²) >= 11 is 0. The van der Waals surface area contributed by atoms with Crippen LogP contribution >= 0.6 is 0 Å². The topological polar surface area (TPSA) is 155 Å². The number of nitrogens with one attached hydrogen (secondary N) is 1. The molecule has 2 aromatic heterocycles. The van der Waals surface area contributed by atoms with Crippen LogP contribution in [0.15, 0.2) is 36.9 Å². The van der Waals surface area contributed by atoms with E-state index in [9.17, 15) is 20.4 Å². The van der Waals surface area contributed by atoms with E-state index < -0.39 is 37.3 Å². The second-order valence-electron chi connectivity index (χ2n) is 6.97. The molecule has 0 aliphatic carbocycles. The predicted octanol–water partition coefficient (Wildman–Crippen LogP) is -0.581. The second-order valence-corrected chi connectivity index (χ2v) is 6.97. The van der Waals surface area contributed by atoms with E-state index >= 15 is 0 Å². The van der Waals surface area contributed by atoms with Crippen LogP contribution in [0.4, 0.5) is 5.82 Å². The average molecular weight is 417 g/mol. The van der Waals surface area contributed by atoms with Crippen LogP contribution in [-0.4, -0.2) is 78.1 Å². The molecule has 1 saturated heterocycles. The average Bonchev–Trinajstić information content (AvgIpc) is 3.21. The highest BCUT2D eigenvalue weighted by Crippen LogP contribution is 2.31. The largest absolute Gasteiger partial charge is 0.497 e. The highest BCUT2D eigenvalue weighted by Gasteiger charge is 2.44. The molecule has 0 amide bonds. The lowest BCUT2D eigenvalue weighted by molar-refractivity contribution is -0.250. The maximum atomic E-state index is 10.4. The van der Waals surface area contributed by atoms with E-state index in [4.69, 9.17) is 9.47 Å². The summed E-state index contributed by atoms with van der Waals surface area (Å²) in [6.07, 6.45) is -3.74. The number of nitrogens with zero attached hydrogens (tertiary/aromatic N) is 4. The van der Waals surface area contributed by atoms with Gasteiger partial charge in [-0.3, -0.25) is 4.57 Å². The minimum Gasteiger partial charge on any atom is -0.497 e. The summed E-state index contributed by atoms with van der Waals surface area (Å²) in [6, 6.07) is 7.59. The van der Waals surface area contributed by atoms with Gasteiger partial charge < -0.3 is 35.2 Å². The SMILES string of the molecule is COc1cccc(CNc2ncnc3c2ncn3C2O[C@H](CO)[C@@H](O)[C@H](O)[C@H]2O)c1. The fourth-order valence-corrected chi connectivity index (χ4v) is 3.45. The smallest absolute Gasteiger partial charge is 0.167 e. The van der Waals surface area contributed by atoms with Gasteiger partial charge in [0.25, 0.3) is 0 Å². The van der Waals surface area contributed by atoms with Crippen LogP contribution in [0.2, 0.25) is 0 Å². The van der Waals surface area contributed by atoms with Crippen molar-refractivity contribution in [2.24, 2.45) is 0 Å². The normalized spacial score (nSPS) is 26.6. The van der Waals surface area contributed by atoms with Crippen LogP contribution in [-0.2, 0) is 11.3 Å². The maximum Gasteiger partial charge on any atom is 0.167 e. The Hall–Kier alpha value is -2.83. The first-order valence-electron chi connectivity index (χ1n) is 9.38. The number of fused-ring (bicyclic) bond motifs is 1. The summed E-state index contributed by atoms with van der Waals surface area (Å²) < 4.78 is 12.3. The Morgan fingerprint density at radius 2 is 1.97 bits per heavy atom. The summed E-state index contributed by atoms with van der Waals surface area (Å²) in [5, 5.41) is 43.0. The minimum atomic E-state index is -1.49.